The Morgan fingerprint density at radius 3 is 2.65 bits per heavy atom. The first-order valence-corrected chi connectivity index (χ1v) is 6.84. The monoisotopic (exact) mass is 271 g/mol. The fourth-order valence-electron chi connectivity index (χ4n) is 2.85. The Bertz CT molecular complexity index is 580. The maximum absolute atomic E-state index is 13.2. The van der Waals surface area contributed by atoms with Crippen LogP contribution < -0.4 is 0 Å². The van der Waals surface area contributed by atoms with Crippen LogP contribution >= 0.6 is 0 Å². The van der Waals surface area contributed by atoms with Crippen molar-refractivity contribution in [2.45, 2.75) is 18.4 Å². The normalized spacial score (nSPS) is 26.0. The Hall–Kier alpha value is -1.87. The number of benzene rings is 1. The van der Waals surface area contributed by atoms with Crippen molar-refractivity contribution in [3.63, 3.8) is 0 Å². The molecule has 0 saturated carbocycles. The van der Waals surface area contributed by atoms with Crippen LogP contribution in [-0.2, 0) is 10.3 Å². The van der Waals surface area contributed by atoms with Gasteiger partial charge in [-0.05, 0) is 48.3 Å². The highest BCUT2D eigenvalue weighted by Gasteiger charge is 2.40. The van der Waals surface area contributed by atoms with Crippen molar-refractivity contribution in [3.05, 3.63) is 71.8 Å². The molecule has 104 valence electrons. The van der Waals surface area contributed by atoms with Gasteiger partial charge in [0.2, 0.25) is 0 Å². The first-order valence-electron chi connectivity index (χ1n) is 6.84. The quantitative estimate of drug-likeness (QED) is 0.812. The zero-order valence-electron chi connectivity index (χ0n) is 11.6. The van der Waals surface area contributed by atoms with Crippen molar-refractivity contribution < 1.29 is 9.13 Å². The minimum absolute atomic E-state index is 0.223. The van der Waals surface area contributed by atoms with Crippen LogP contribution in [0.4, 0.5) is 4.39 Å². The Balaban J connectivity index is 2.05. The molecule has 0 aliphatic carbocycles. The van der Waals surface area contributed by atoms with E-state index in [4.69, 9.17) is 4.74 Å². The summed E-state index contributed by atoms with van der Waals surface area (Å²) in [4.78, 5) is 1.97. The van der Waals surface area contributed by atoms with Crippen molar-refractivity contribution in [1.82, 2.24) is 4.90 Å². The predicted octanol–water partition coefficient (Wildman–Crippen LogP) is 3.73. The van der Waals surface area contributed by atoms with Crippen LogP contribution in [0.1, 0.15) is 18.4 Å². The summed E-state index contributed by atoms with van der Waals surface area (Å²) in [6.45, 7) is 4.77. The zero-order chi connectivity index (χ0) is 14.2. The largest absolute Gasteiger partial charge is 0.366 e. The van der Waals surface area contributed by atoms with Gasteiger partial charge in [-0.2, -0.15) is 0 Å². The van der Waals surface area contributed by atoms with Crippen molar-refractivity contribution in [2.24, 2.45) is 0 Å². The van der Waals surface area contributed by atoms with E-state index in [0.29, 0.717) is 0 Å². The van der Waals surface area contributed by atoms with Crippen molar-refractivity contribution >= 4 is 0 Å². The lowest BCUT2D eigenvalue weighted by molar-refractivity contribution is 0.0348. The number of ether oxygens (including phenoxy) is 1. The molecular formula is C17H18FNO. The highest BCUT2D eigenvalue weighted by molar-refractivity contribution is 5.45. The molecule has 20 heavy (non-hydrogen) atoms. The topological polar surface area (TPSA) is 12.5 Å². The lowest BCUT2D eigenvalue weighted by Crippen LogP contribution is -2.29. The standard InChI is InChI=1S/C17H18FNO/c1-13-12-15(8-10-19(13)2)17(9-3-11-20-17)14-4-6-16(18)7-5-14/h4-8,10,12H,1,3,9,11H2,2H3. The fourth-order valence-corrected chi connectivity index (χ4v) is 2.85. The van der Waals surface area contributed by atoms with Gasteiger partial charge >= 0.3 is 0 Å². The Morgan fingerprint density at radius 2 is 2.05 bits per heavy atom. The maximum atomic E-state index is 13.2. The van der Waals surface area contributed by atoms with Gasteiger partial charge in [0.05, 0.1) is 0 Å². The van der Waals surface area contributed by atoms with Crippen LogP contribution in [0.5, 0.6) is 0 Å². The molecule has 1 aromatic carbocycles. The number of rotatable bonds is 2. The third kappa shape index (κ3) is 2.08. The highest BCUT2D eigenvalue weighted by Crippen LogP contribution is 2.44. The van der Waals surface area contributed by atoms with Gasteiger partial charge in [0.1, 0.15) is 11.4 Å². The first-order chi connectivity index (χ1) is 9.62. The van der Waals surface area contributed by atoms with E-state index in [9.17, 15) is 4.39 Å². The first kappa shape index (κ1) is 13.1. The van der Waals surface area contributed by atoms with E-state index in [1.54, 1.807) is 0 Å². The van der Waals surface area contributed by atoms with Crippen molar-refractivity contribution in [1.29, 1.82) is 0 Å². The second kappa shape index (κ2) is 4.91. The van der Waals surface area contributed by atoms with Crippen LogP contribution in [0.2, 0.25) is 0 Å². The summed E-state index contributed by atoms with van der Waals surface area (Å²) in [5, 5.41) is 0. The Morgan fingerprint density at radius 1 is 1.30 bits per heavy atom. The van der Waals surface area contributed by atoms with E-state index >= 15 is 0 Å². The minimum Gasteiger partial charge on any atom is -0.366 e. The van der Waals surface area contributed by atoms with E-state index in [2.05, 4.69) is 18.7 Å². The Labute approximate surface area is 118 Å². The van der Waals surface area contributed by atoms with Crippen LogP contribution in [0.15, 0.2) is 60.5 Å². The molecule has 1 fully saturated rings. The maximum Gasteiger partial charge on any atom is 0.123 e. The molecule has 1 atom stereocenters. The summed E-state index contributed by atoms with van der Waals surface area (Å²) in [7, 11) is 1.96. The molecule has 0 spiro atoms. The van der Waals surface area contributed by atoms with Crippen LogP contribution in [0.3, 0.4) is 0 Å². The number of likely N-dealkylation sites (N-methyl/N-ethyl adjacent to an activating group) is 1. The van der Waals surface area contributed by atoms with E-state index < -0.39 is 5.60 Å². The average Bonchev–Trinajstić information content (AvgIpc) is 2.93. The van der Waals surface area contributed by atoms with Gasteiger partial charge < -0.3 is 9.64 Å². The van der Waals surface area contributed by atoms with Gasteiger partial charge in [-0.25, -0.2) is 4.39 Å². The lowest BCUT2D eigenvalue weighted by Gasteiger charge is -2.33. The lowest BCUT2D eigenvalue weighted by atomic mass is 9.82. The second-order valence-corrected chi connectivity index (χ2v) is 5.30. The summed E-state index contributed by atoms with van der Waals surface area (Å²) in [6.07, 6.45) is 8.01. The van der Waals surface area contributed by atoms with Gasteiger partial charge in [-0.3, -0.25) is 0 Å². The second-order valence-electron chi connectivity index (χ2n) is 5.30. The van der Waals surface area contributed by atoms with Crippen LogP contribution in [0, 0.1) is 5.82 Å². The van der Waals surface area contributed by atoms with Gasteiger partial charge in [0.15, 0.2) is 0 Å². The molecule has 1 aromatic rings. The SMILES string of the molecule is C=C1C=C(C2(c3ccc(F)cc3)CCCO2)C=CN1C. The highest BCUT2D eigenvalue weighted by atomic mass is 19.1. The van der Waals surface area contributed by atoms with E-state index in [1.165, 1.54) is 12.1 Å². The number of nitrogens with zero attached hydrogens (tertiary/aromatic N) is 1. The third-order valence-corrected chi connectivity index (χ3v) is 4.05. The average molecular weight is 271 g/mol. The Kier molecular flexibility index (Phi) is 3.22. The van der Waals surface area contributed by atoms with Crippen molar-refractivity contribution in [2.75, 3.05) is 13.7 Å². The molecular weight excluding hydrogens is 253 g/mol. The van der Waals surface area contributed by atoms with Crippen molar-refractivity contribution in [3.8, 4) is 0 Å². The minimum atomic E-state index is -0.464. The summed E-state index contributed by atoms with van der Waals surface area (Å²) >= 11 is 0. The molecule has 2 aliphatic heterocycles. The molecule has 1 unspecified atom stereocenters. The molecule has 2 heterocycles. The number of allylic oxidation sites excluding steroid dienone is 1. The van der Waals surface area contributed by atoms with Gasteiger partial charge in [-0.1, -0.05) is 18.7 Å². The van der Waals surface area contributed by atoms with Gasteiger partial charge in [-0.15, -0.1) is 0 Å². The zero-order valence-corrected chi connectivity index (χ0v) is 11.6. The summed E-state index contributed by atoms with van der Waals surface area (Å²) in [5.41, 5.74) is 2.56. The molecule has 3 rings (SSSR count). The molecule has 2 nitrogen and oxygen atoms in total. The third-order valence-electron chi connectivity index (χ3n) is 4.05. The van der Waals surface area contributed by atoms with E-state index in [1.807, 2.05) is 30.3 Å². The van der Waals surface area contributed by atoms with Crippen LogP contribution in [-0.4, -0.2) is 18.6 Å². The molecule has 0 amide bonds. The number of halogens is 1. The molecule has 0 N–H and O–H groups in total. The summed E-state index contributed by atoms with van der Waals surface area (Å²) in [5.74, 6) is -0.223. The van der Waals surface area contributed by atoms with E-state index in [-0.39, 0.29) is 5.82 Å². The summed E-state index contributed by atoms with van der Waals surface area (Å²) < 4.78 is 19.3. The summed E-state index contributed by atoms with van der Waals surface area (Å²) in [6, 6.07) is 6.62. The smallest absolute Gasteiger partial charge is 0.123 e. The van der Waals surface area contributed by atoms with Crippen LogP contribution in [0.25, 0.3) is 0 Å². The number of hydrogen-bond acceptors (Lipinski definition) is 2. The van der Waals surface area contributed by atoms with E-state index in [0.717, 1.165) is 36.3 Å². The molecule has 3 heteroatoms. The molecule has 0 radical (unpaired) electrons. The van der Waals surface area contributed by atoms with Gasteiger partial charge in [0.25, 0.3) is 0 Å². The molecule has 0 aromatic heterocycles. The fraction of sp³-hybridized carbons (Fsp3) is 0.294. The molecule has 1 saturated heterocycles. The predicted molar refractivity (Wildman–Crippen MR) is 77.4 cm³/mol. The number of hydrogen-bond donors (Lipinski definition) is 0. The van der Waals surface area contributed by atoms with Gasteiger partial charge in [0, 0.05) is 25.6 Å². The molecule has 0 bridgehead atoms. The molecule has 2 aliphatic rings.